The summed E-state index contributed by atoms with van der Waals surface area (Å²) in [6.07, 6.45) is 5.32. The lowest BCUT2D eigenvalue weighted by Crippen LogP contribution is -2.37. The summed E-state index contributed by atoms with van der Waals surface area (Å²) in [4.78, 5) is 22.8. The van der Waals surface area contributed by atoms with Gasteiger partial charge in [0.2, 0.25) is 5.91 Å². The van der Waals surface area contributed by atoms with E-state index in [-0.39, 0.29) is 18.5 Å². The Morgan fingerprint density at radius 1 is 1.17 bits per heavy atom. The molecule has 5 rings (SSSR count). The maximum absolute atomic E-state index is 12.4. The minimum atomic E-state index is -0.324. The monoisotopic (exact) mass is 522 g/mol. The number of thiophene rings is 1. The number of fused-ring (bicyclic) bond motifs is 3. The van der Waals surface area contributed by atoms with Gasteiger partial charge in [0, 0.05) is 53.1 Å². The van der Waals surface area contributed by atoms with Gasteiger partial charge in [-0.05, 0) is 38.5 Å². The van der Waals surface area contributed by atoms with E-state index in [2.05, 4.69) is 44.2 Å². The number of nitrogens with zero attached hydrogens (tertiary/aromatic N) is 6. The lowest BCUT2D eigenvalue weighted by molar-refractivity contribution is -0.120. The number of rotatable bonds is 8. The summed E-state index contributed by atoms with van der Waals surface area (Å²) in [6.45, 7) is 8.03. The first kappa shape index (κ1) is 24.4. The number of aliphatic imine (C=N–C) groups is 1. The molecule has 1 unspecified atom stereocenters. The molecule has 0 bridgehead atoms. The SMILES string of the molecule is Cc1sc2c(c1C)C(c1ccc(Cl)cc1)=NC(CNCC(=O)NCCn1ccnc1)c1nnc(C)n1-2. The average Bonchev–Trinajstić information content (AvgIpc) is 3.55. The van der Waals surface area contributed by atoms with Gasteiger partial charge in [-0.2, -0.15) is 0 Å². The van der Waals surface area contributed by atoms with E-state index in [1.54, 1.807) is 23.9 Å². The van der Waals surface area contributed by atoms with Crippen LogP contribution in [0.15, 0.2) is 48.0 Å². The molecule has 11 heteroatoms. The van der Waals surface area contributed by atoms with E-state index in [0.29, 0.717) is 24.7 Å². The van der Waals surface area contributed by atoms with E-state index in [1.807, 2.05) is 42.0 Å². The van der Waals surface area contributed by atoms with E-state index in [4.69, 9.17) is 16.6 Å². The zero-order valence-corrected chi connectivity index (χ0v) is 21.9. The quantitative estimate of drug-likeness (QED) is 0.369. The molecule has 36 heavy (non-hydrogen) atoms. The molecule has 0 saturated carbocycles. The van der Waals surface area contributed by atoms with Gasteiger partial charge in [-0.1, -0.05) is 23.7 Å². The van der Waals surface area contributed by atoms with Crippen LogP contribution >= 0.6 is 22.9 Å². The number of carbonyl (C=O) groups excluding carboxylic acids is 1. The van der Waals surface area contributed by atoms with Gasteiger partial charge in [0.1, 0.15) is 16.9 Å². The molecule has 1 aromatic carbocycles. The molecule has 4 aromatic rings. The van der Waals surface area contributed by atoms with Crippen LogP contribution in [0.25, 0.3) is 5.00 Å². The summed E-state index contributed by atoms with van der Waals surface area (Å²) >= 11 is 7.89. The molecule has 0 fully saturated rings. The lowest BCUT2D eigenvalue weighted by atomic mass is 10.00. The molecular weight excluding hydrogens is 496 g/mol. The molecular formula is C25H27ClN8OS. The summed E-state index contributed by atoms with van der Waals surface area (Å²) in [5, 5.41) is 16.8. The van der Waals surface area contributed by atoms with Crippen molar-refractivity contribution in [3.8, 4) is 5.00 Å². The summed E-state index contributed by atoms with van der Waals surface area (Å²) in [5.41, 5.74) is 4.16. The van der Waals surface area contributed by atoms with Gasteiger partial charge in [-0.15, -0.1) is 21.5 Å². The second kappa shape index (κ2) is 10.3. The summed E-state index contributed by atoms with van der Waals surface area (Å²) in [6, 6.07) is 7.43. The topological polar surface area (TPSA) is 102 Å². The van der Waals surface area contributed by atoms with Gasteiger partial charge in [-0.3, -0.25) is 14.4 Å². The Labute approximate surface area is 218 Å². The number of aromatic nitrogens is 5. The van der Waals surface area contributed by atoms with Gasteiger partial charge < -0.3 is 15.2 Å². The fraction of sp³-hybridized carbons (Fsp3) is 0.320. The molecule has 9 nitrogen and oxygen atoms in total. The fourth-order valence-corrected chi connectivity index (χ4v) is 5.60. The molecule has 1 amide bonds. The first-order valence-corrected chi connectivity index (χ1v) is 12.9. The van der Waals surface area contributed by atoms with E-state index in [1.165, 1.54) is 10.4 Å². The zero-order chi connectivity index (χ0) is 25.2. The molecule has 0 spiro atoms. The number of imidazole rings is 1. The molecule has 0 aliphatic carbocycles. The number of aryl methyl sites for hydroxylation is 2. The Balaban J connectivity index is 1.39. The number of halogens is 1. The highest BCUT2D eigenvalue weighted by Crippen LogP contribution is 2.38. The molecule has 2 N–H and O–H groups in total. The summed E-state index contributed by atoms with van der Waals surface area (Å²) in [7, 11) is 0. The normalized spacial score (nSPS) is 14.7. The fourth-order valence-electron chi connectivity index (χ4n) is 4.26. The second-order valence-electron chi connectivity index (χ2n) is 8.69. The van der Waals surface area contributed by atoms with E-state index in [0.717, 1.165) is 33.5 Å². The third-order valence-electron chi connectivity index (χ3n) is 6.23. The highest BCUT2D eigenvalue weighted by molar-refractivity contribution is 7.15. The van der Waals surface area contributed by atoms with E-state index < -0.39 is 0 Å². The van der Waals surface area contributed by atoms with E-state index in [9.17, 15) is 4.79 Å². The smallest absolute Gasteiger partial charge is 0.234 e. The molecule has 0 radical (unpaired) electrons. The van der Waals surface area contributed by atoms with Crippen molar-refractivity contribution in [2.24, 2.45) is 4.99 Å². The Morgan fingerprint density at radius 3 is 2.72 bits per heavy atom. The van der Waals surface area contributed by atoms with Gasteiger partial charge in [0.25, 0.3) is 0 Å². The molecule has 1 aliphatic rings. The average molecular weight is 523 g/mol. The molecule has 1 atom stereocenters. The molecule has 186 valence electrons. The van der Waals surface area contributed by atoms with Crippen molar-refractivity contribution in [1.29, 1.82) is 0 Å². The van der Waals surface area contributed by atoms with Gasteiger partial charge in [0.05, 0.1) is 18.6 Å². The largest absolute Gasteiger partial charge is 0.353 e. The van der Waals surface area contributed by atoms with Crippen LogP contribution in [-0.4, -0.2) is 55.6 Å². The number of nitrogens with one attached hydrogen (secondary N) is 2. The predicted octanol–water partition coefficient (Wildman–Crippen LogP) is 3.40. The van der Waals surface area contributed by atoms with Crippen LogP contribution in [0.3, 0.4) is 0 Å². The van der Waals surface area contributed by atoms with Crippen molar-refractivity contribution < 1.29 is 4.79 Å². The Morgan fingerprint density at radius 2 is 1.97 bits per heavy atom. The van der Waals surface area contributed by atoms with Crippen molar-refractivity contribution in [3.05, 3.63) is 81.2 Å². The summed E-state index contributed by atoms with van der Waals surface area (Å²) in [5.74, 6) is 1.49. The highest BCUT2D eigenvalue weighted by atomic mass is 35.5. The van der Waals surface area contributed by atoms with Crippen molar-refractivity contribution in [2.75, 3.05) is 19.6 Å². The molecule has 4 heterocycles. The van der Waals surface area contributed by atoms with Gasteiger partial charge >= 0.3 is 0 Å². The highest BCUT2D eigenvalue weighted by Gasteiger charge is 2.31. The maximum atomic E-state index is 12.4. The van der Waals surface area contributed by atoms with Gasteiger partial charge in [-0.25, -0.2) is 4.98 Å². The van der Waals surface area contributed by atoms with Crippen LogP contribution in [0, 0.1) is 20.8 Å². The zero-order valence-electron chi connectivity index (χ0n) is 20.3. The number of benzene rings is 1. The number of amides is 1. The number of hydrogen-bond donors (Lipinski definition) is 2. The predicted molar refractivity (Wildman–Crippen MR) is 141 cm³/mol. The Bertz CT molecular complexity index is 1400. The van der Waals surface area contributed by atoms with Crippen LogP contribution in [0.2, 0.25) is 5.02 Å². The molecule has 0 saturated heterocycles. The van der Waals surface area contributed by atoms with Crippen LogP contribution in [0.5, 0.6) is 0 Å². The third-order valence-corrected chi connectivity index (χ3v) is 7.68. The first-order chi connectivity index (χ1) is 17.4. The molecule has 1 aliphatic heterocycles. The second-order valence-corrected chi connectivity index (χ2v) is 10.3. The van der Waals surface area contributed by atoms with Crippen molar-refractivity contribution >= 4 is 34.6 Å². The Kier molecular flexibility index (Phi) is 6.99. The van der Waals surface area contributed by atoms with Crippen molar-refractivity contribution in [2.45, 2.75) is 33.4 Å². The van der Waals surface area contributed by atoms with Crippen LogP contribution in [-0.2, 0) is 11.3 Å². The lowest BCUT2D eigenvalue weighted by Gasteiger charge is -2.14. The van der Waals surface area contributed by atoms with E-state index >= 15 is 0 Å². The van der Waals surface area contributed by atoms with Crippen molar-refractivity contribution in [3.63, 3.8) is 0 Å². The molecule has 3 aromatic heterocycles. The van der Waals surface area contributed by atoms with Crippen LogP contribution in [0.4, 0.5) is 0 Å². The van der Waals surface area contributed by atoms with Gasteiger partial charge in [0.15, 0.2) is 5.82 Å². The minimum absolute atomic E-state index is 0.0751. The van der Waals surface area contributed by atoms with Crippen LogP contribution < -0.4 is 10.6 Å². The number of hydrogen-bond acceptors (Lipinski definition) is 7. The summed E-state index contributed by atoms with van der Waals surface area (Å²) < 4.78 is 4.02. The third kappa shape index (κ3) is 4.84. The first-order valence-electron chi connectivity index (χ1n) is 11.7. The minimum Gasteiger partial charge on any atom is -0.353 e. The number of carbonyl (C=O) groups is 1. The Hall–Kier alpha value is -3.34. The van der Waals surface area contributed by atoms with Crippen LogP contribution in [0.1, 0.15) is 39.3 Å². The maximum Gasteiger partial charge on any atom is 0.234 e. The standard InChI is InChI=1S/C25H27ClN8OS/c1-15-16(2)36-25-22(15)23(18-4-6-19(26)7-5-18)30-20(24-32-31-17(3)34(24)25)12-28-13-21(35)29-9-11-33-10-8-27-14-33/h4-8,10,14,20,28H,9,11-13H2,1-3H3,(H,29,35). The van der Waals surface area contributed by atoms with Crippen molar-refractivity contribution in [1.82, 2.24) is 34.9 Å².